The summed E-state index contributed by atoms with van der Waals surface area (Å²) in [5.74, 6) is 1.22. The standard InChI is InChI=1S/C27H35N3O2/c1-20(2)19-28-27(31)26-18-22-9-4-5-10-25(22)30(26)23-11-13-24(14-12-23)32-17-7-16-29-15-6-8-21(29)3/h4-5,9-14,18,20-21H,6-8,15-17,19H2,1-3H3,(H,28,31). The molecule has 5 heteroatoms. The second-order valence-corrected chi connectivity index (χ2v) is 9.25. The van der Waals surface area contributed by atoms with Gasteiger partial charge in [-0.05, 0) is 75.0 Å². The Morgan fingerprint density at radius 1 is 1.16 bits per heavy atom. The molecular weight excluding hydrogens is 398 g/mol. The Labute approximate surface area is 191 Å². The number of nitrogens with one attached hydrogen (secondary N) is 1. The molecule has 1 saturated heterocycles. The van der Waals surface area contributed by atoms with Crippen molar-refractivity contribution in [2.45, 2.75) is 46.1 Å². The second-order valence-electron chi connectivity index (χ2n) is 9.25. The summed E-state index contributed by atoms with van der Waals surface area (Å²) in [6.45, 7) is 10.2. The first-order valence-electron chi connectivity index (χ1n) is 11.9. The maximum absolute atomic E-state index is 12.9. The van der Waals surface area contributed by atoms with Gasteiger partial charge in [-0.25, -0.2) is 0 Å². The Morgan fingerprint density at radius 2 is 1.94 bits per heavy atom. The van der Waals surface area contributed by atoms with Crippen LogP contribution >= 0.6 is 0 Å². The Hall–Kier alpha value is -2.79. The predicted molar refractivity (Wildman–Crippen MR) is 131 cm³/mol. The van der Waals surface area contributed by atoms with E-state index in [4.69, 9.17) is 4.74 Å². The highest BCUT2D eigenvalue weighted by Gasteiger charge is 2.19. The first kappa shape index (κ1) is 22.4. The monoisotopic (exact) mass is 433 g/mol. The average molecular weight is 434 g/mol. The molecule has 1 aliphatic rings. The lowest BCUT2D eigenvalue weighted by molar-refractivity contribution is 0.0942. The minimum absolute atomic E-state index is 0.0497. The molecule has 5 nitrogen and oxygen atoms in total. The van der Waals surface area contributed by atoms with Gasteiger partial charge in [0.2, 0.25) is 0 Å². The van der Waals surface area contributed by atoms with Crippen molar-refractivity contribution < 1.29 is 9.53 Å². The summed E-state index contributed by atoms with van der Waals surface area (Å²) in [7, 11) is 0. The van der Waals surface area contributed by atoms with Crippen molar-refractivity contribution >= 4 is 16.8 Å². The van der Waals surface area contributed by atoms with E-state index in [1.165, 1.54) is 19.4 Å². The van der Waals surface area contributed by atoms with E-state index in [-0.39, 0.29) is 5.91 Å². The number of rotatable bonds is 9. The molecule has 4 rings (SSSR count). The smallest absolute Gasteiger partial charge is 0.268 e. The van der Waals surface area contributed by atoms with Crippen molar-refractivity contribution in [3.8, 4) is 11.4 Å². The van der Waals surface area contributed by atoms with Gasteiger partial charge in [0.1, 0.15) is 11.4 Å². The van der Waals surface area contributed by atoms with E-state index in [2.05, 4.69) is 37.1 Å². The molecule has 170 valence electrons. The number of benzene rings is 2. The largest absolute Gasteiger partial charge is 0.494 e. The summed E-state index contributed by atoms with van der Waals surface area (Å²) < 4.78 is 8.02. The number of carbonyl (C=O) groups excluding carboxylic acids is 1. The zero-order chi connectivity index (χ0) is 22.5. The molecule has 0 bridgehead atoms. The number of nitrogens with zero attached hydrogens (tertiary/aromatic N) is 2. The third kappa shape index (κ3) is 5.16. The fourth-order valence-corrected chi connectivity index (χ4v) is 4.46. The van der Waals surface area contributed by atoms with E-state index in [9.17, 15) is 4.79 Å². The molecule has 1 aromatic heterocycles. The third-order valence-corrected chi connectivity index (χ3v) is 6.26. The van der Waals surface area contributed by atoms with Gasteiger partial charge in [-0.3, -0.25) is 4.79 Å². The van der Waals surface area contributed by atoms with Crippen molar-refractivity contribution in [1.29, 1.82) is 0 Å². The Balaban J connectivity index is 1.46. The molecule has 0 aliphatic carbocycles. The molecule has 2 aromatic carbocycles. The predicted octanol–water partition coefficient (Wildman–Crippen LogP) is 5.27. The molecule has 0 radical (unpaired) electrons. The molecule has 1 aliphatic heterocycles. The summed E-state index contributed by atoms with van der Waals surface area (Å²) in [5, 5.41) is 4.11. The van der Waals surface area contributed by atoms with Gasteiger partial charge in [0, 0.05) is 30.2 Å². The summed E-state index contributed by atoms with van der Waals surface area (Å²) in [6, 6.07) is 18.8. The number of likely N-dealkylation sites (tertiary alicyclic amines) is 1. The summed E-state index contributed by atoms with van der Waals surface area (Å²) in [5.41, 5.74) is 2.63. The van der Waals surface area contributed by atoms with Gasteiger partial charge in [-0.1, -0.05) is 32.0 Å². The Kier molecular flexibility index (Phi) is 7.15. The highest BCUT2D eigenvalue weighted by atomic mass is 16.5. The van der Waals surface area contributed by atoms with Crippen LogP contribution in [0.2, 0.25) is 0 Å². The van der Waals surface area contributed by atoms with Crippen molar-refractivity contribution in [1.82, 2.24) is 14.8 Å². The van der Waals surface area contributed by atoms with E-state index >= 15 is 0 Å². The Morgan fingerprint density at radius 3 is 2.66 bits per heavy atom. The molecule has 1 fully saturated rings. The SMILES string of the molecule is CC(C)CNC(=O)c1cc2ccccc2n1-c1ccc(OCCCN2CCCC2C)cc1. The van der Waals surface area contributed by atoms with Gasteiger partial charge < -0.3 is 19.5 Å². The average Bonchev–Trinajstić information content (AvgIpc) is 3.39. The van der Waals surface area contributed by atoms with Crippen LogP contribution in [0.1, 0.15) is 50.5 Å². The van der Waals surface area contributed by atoms with Gasteiger partial charge >= 0.3 is 0 Å². The molecule has 1 unspecified atom stereocenters. The van der Waals surface area contributed by atoms with E-state index in [0.717, 1.165) is 41.9 Å². The highest BCUT2D eigenvalue weighted by molar-refractivity contribution is 6.00. The fraction of sp³-hybridized carbons (Fsp3) is 0.444. The van der Waals surface area contributed by atoms with Crippen molar-refractivity contribution in [2.75, 3.05) is 26.2 Å². The molecule has 2 heterocycles. The van der Waals surface area contributed by atoms with Crippen LogP contribution < -0.4 is 10.1 Å². The first-order chi connectivity index (χ1) is 15.5. The highest BCUT2D eigenvalue weighted by Crippen LogP contribution is 2.26. The van der Waals surface area contributed by atoms with Crippen LogP contribution in [-0.4, -0.2) is 47.7 Å². The van der Waals surface area contributed by atoms with E-state index < -0.39 is 0 Å². The molecule has 1 N–H and O–H groups in total. The van der Waals surface area contributed by atoms with Crippen molar-refractivity contribution in [2.24, 2.45) is 5.92 Å². The zero-order valence-corrected chi connectivity index (χ0v) is 19.5. The molecule has 32 heavy (non-hydrogen) atoms. The maximum atomic E-state index is 12.9. The van der Waals surface area contributed by atoms with Crippen LogP contribution in [0.15, 0.2) is 54.6 Å². The van der Waals surface area contributed by atoms with Gasteiger partial charge in [0.25, 0.3) is 5.91 Å². The minimum Gasteiger partial charge on any atom is -0.494 e. The van der Waals surface area contributed by atoms with Crippen LogP contribution in [-0.2, 0) is 0 Å². The van der Waals surface area contributed by atoms with Gasteiger partial charge in [-0.2, -0.15) is 0 Å². The number of aromatic nitrogens is 1. The first-order valence-corrected chi connectivity index (χ1v) is 11.9. The lowest BCUT2D eigenvalue weighted by Crippen LogP contribution is -2.29. The number of para-hydroxylation sites is 1. The van der Waals surface area contributed by atoms with Gasteiger partial charge in [-0.15, -0.1) is 0 Å². The number of carbonyl (C=O) groups is 1. The Bertz CT molecular complexity index is 1040. The molecule has 3 aromatic rings. The number of hydrogen-bond donors (Lipinski definition) is 1. The maximum Gasteiger partial charge on any atom is 0.268 e. The second kappa shape index (κ2) is 10.2. The topological polar surface area (TPSA) is 46.5 Å². The number of fused-ring (bicyclic) bond motifs is 1. The molecule has 1 atom stereocenters. The van der Waals surface area contributed by atoms with E-state index in [1.807, 2.05) is 53.1 Å². The number of hydrogen-bond acceptors (Lipinski definition) is 3. The van der Waals surface area contributed by atoms with Crippen LogP contribution in [0.4, 0.5) is 0 Å². The third-order valence-electron chi connectivity index (χ3n) is 6.26. The quantitative estimate of drug-likeness (QED) is 0.468. The zero-order valence-electron chi connectivity index (χ0n) is 19.5. The lowest BCUT2D eigenvalue weighted by Gasteiger charge is -2.20. The molecule has 1 amide bonds. The number of ether oxygens (including phenoxy) is 1. The number of amides is 1. The summed E-state index contributed by atoms with van der Waals surface area (Å²) in [6.07, 6.45) is 3.66. The van der Waals surface area contributed by atoms with Crippen molar-refractivity contribution in [3.05, 3.63) is 60.3 Å². The summed E-state index contributed by atoms with van der Waals surface area (Å²) >= 11 is 0. The lowest BCUT2D eigenvalue weighted by atomic mass is 10.2. The van der Waals surface area contributed by atoms with E-state index in [0.29, 0.717) is 24.2 Å². The normalized spacial score (nSPS) is 16.7. The van der Waals surface area contributed by atoms with Crippen LogP contribution in [0.25, 0.3) is 16.6 Å². The van der Waals surface area contributed by atoms with Crippen molar-refractivity contribution in [3.63, 3.8) is 0 Å². The minimum atomic E-state index is -0.0497. The van der Waals surface area contributed by atoms with E-state index in [1.54, 1.807) is 0 Å². The molecule has 0 saturated carbocycles. The molecule has 0 spiro atoms. The van der Waals surface area contributed by atoms with Crippen LogP contribution in [0, 0.1) is 5.92 Å². The van der Waals surface area contributed by atoms with Crippen LogP contribution in [0.5, 0.6) is 5.75 Å². The molecular formula is C27H35N3O2. The van der Waals surface area contributed by atoms with Crippen LogP contribution in [0.3, 0.4) is 0 Å². The summed E-state index contributed by atoms with van der Waals surface area (Å²) in [4.78, 5) is 15.5. The van der Waals surface area contributed by atoms with Gasteiger partial charge in [0.05, 0.1) is 12.1 Å². The van der Waals surface area contributed by atoms with Gasteiger partial charge in [0.15, 0.2) is 0 Å². The fourth-order valence-electron chi connectivity index (χ4n) is 4.46.